The van der Waals surface area contributed by atoms with E-state index < -0.39 is 61.2 Å². The minimum absolute atomic E-state index is 0.0748. The first kappa shape index (κ1) is 23.7. The summed E-state index contributed by atoms with van der Waals surface area (Å²) in [5, 5.41) is 71.3. The van der Waals surface area contributed by atoms with Gasteiger partial charge >= 0.3 is 0 Å². The van der Waals surface area contributed by atoms with Crippen molar-refractivity contribution in [3.63, 3.8) is 0 Å². The van der Waals surface area contributed by atoms with Crippen LogP contribution >= 0.6 is 0 Å². The van der Waals surface area contributed by atoms with E-state index in [4.69, 9.17) is 14.2 Å². The van der Waals surface area contributed by atoms with Crippen LogP contribution < -0.4 is 0 Å². The molecule has 2 saturated heterocycles. The quantitative estimate of drug-likeness (QED) is 0.230. The van der Waals surface area contributed by atoms with Gasteiger partial charge in [-0.05, 0) is 32.6 Å². The van der Waals surface area contributed by atoms with E-state index in [1.807, 2.05) is 0 Å². The molecule has 2 aliphatic heterocycles. The lowest BCUT2D eigenvalue weighted by molar-refractivity contribution is -0.353. The van der Waals surface area contributed by atoms with Crippen molar-refractivity contribution in [2.45, 2.75) is 119 Å². The van der Waals surface area contributed by atoms with Crippen LogP contribution in [0.4, 0.5) is 0 Å². The van der Waals surface area contributed by atoms with E-state index >= 15 is 0 Å². The highest BCUT2D eigenvalue weighted by Gasteiger charge is 2.54. The Morgan fingerprint density at radius 2 is 1.52 bits per heavy atom. The zero-order chi connectivity index (χ0) is 22.4. The molecule has 0 radical (unpaired) electrons. The van der Waals surface area contributed by atoms with Crippen LogP contribution in [-0.2, 0) is 9.47 Å². The standard InChI is InChI=1S/C21H36O10/c1-8-17(26)18(27)19(28)21(29-8)31-16-7-11-13(24)5-10(22)6-15(11)30-20(16)9-2-3-12(23)14(25)4-9/h8-28H,2-7H2,1H3/p+1. The third-order valence-corrected chi connectivity index (χ3v) is 7.69. The lowest BCUT2D eigenvalue weighted by Gasteiger charge is -2.48. The third kappa shape index (κ3) is 4.79. The van der Waals surface area contributed by atoms with Crippen LogP contribution in [0.15, 0.2) is 0 Å². The van der Waals surface area contributed by atoms with E-state index in [1.165, 1.54) is 0 Å². The van der Waals surface area contributed by atoms with Gasteiger partial charge in [-0.25, -0.2) is 0 Å². The molecule has 0 aromatic rings. The van der Waals surface area contributed by atoms with E-state index in [1.54, 1.807) is 6.92 Å². The molecule has 2 aliphatic carbocycles. The number of ether oxygens (including phenoxy) is 3. The van der Waals surface area contributed by atoms with Crippen LogP contribution in [0.25, 0.3) is 0 Å². The highest BCUT2D eigenvalue weighted by Crippen LogP contribution is 2.42. The molecular formula is C21H37O10+. The summed E-state index contributed by atoms with van der Waals surface area (Å²) >= 11 is 0. The van der Waals surface area contributed by atoms with Gasteiger partial charge in [-0.15, -0.1) is 0 Å². The molecule has 180 valence electrons. The minimum Gasteiger partial charge on any atom is -0.427 e. The largest absolute Gasteiger partial charge is 0.427 e. The second kappa shape index (κ2) is 9.46. The molecule has 10 nitrogen and oxygen atoms in total. The zero-order valence-corrected chi connectivity index (χ0v) is 17.7. The molecule has 4 aliphatic rings. The monoisotopic (exact) mass is 449 g/mol. The molecule has 0 aromatic heterocycles. The average molecular weight is 450 g/mol. The van der Waals surface area contributed by atoms with Crippen molar-refractivity contribution in [3.05, 3.63) is 0 Å². The molecule has 8 N–H and O–H groups in total. The molecule has 2 saturated carbocycles. The van der Waals surface area contributed by atoms with Crippen molar-refractivity contribution >= 4 is 0 Å². The van der Waals surface area contributed by atoms with Crippen molar-refractivity contribution in [1.82, 2.24) is 0 Å². The summed E-state index contributed by atoms with van der Waals surface area (Å²) in [5.74, 6) is -0.286. The Labute approximate surface area is 181 Å². The Kier molecular flexibility index (Phi) is 7.24. The van der Waals surface area contributed by atoms with Gasteiger partial charge in [-0.1, -0.05) is 0 Å². The van der Waals surface area contributed by atoms with Crippen LogP contribution in [0, 0.1) is 11.8 Å². The molecule has 14 atom stereocenters. The lowest BCUT2D eigenvalue weighted by atomic mass is 9.72. The fraction of sp³-hybridized carbons (Fsp3) is 1.00. The van der Waals surface area contributed by atoms with Gasteiger partial charge in [0.05, 0.1) is 36.4 Å². The SMILES string of the molecule is CC1OC(OC2CC3C(O)CC(O)CC3[OH+]C2C2CCC(O)C(O)C2)C(O)C(O)C1O. The van der Waals surface area contributed by atoms with Crippen molar-refractivity contribution < 1.29 is 50.0 Å². The van der Waals surface area contributed by atoms with Gasteiger partial charge < -0.3 is 50.0 Å². The van der Waals surface area contributed by atoms with E-state index in [0.29, 0.717) is 32.1 Å². The van der Waals surface area contributed by atoms with Crippen molar-refractivity contribution in [1.29, 1.82) is 0 Å². The molecule has 0 bridgehead atoms. The maximum Gasteiger partial charge on any atom is 0.187 e. The normalized spacial score (nSPS) is 56.1. The summed E-state index contributed by atoms with van der Waals surface area (Å²) in [4.78, 5) is 0. The molecule has 0 amide bonds. The van der Waals surface area contributed by atoms with Gasteiger partial charge in [-0.2, -0.15) is 0 Å². The number of fused-ring (bicyclic) bond motifs is 1. The number of aliphatic hydroxyl groups excluding tert-OH is 7. The summed E-state index contributed by atoms with van der Waals surface area (Å²) < 4.78 is 16.7. The van der Waals surface area contributed by atoms with Gasteiger partial charge in [0.15, 0.2) is 18.5 Å². The van der Waals surface area contributed by atoms with Gasteiger partial charge in [0.1, 0.15) is 24.4 Å². The second-order valence-electron chi connectivity index (χ2n) is 9.86. The smallest absolute Gasteiger partial charge is 0.187 e. The summed E-state index contributed by atoms with van der Waals surface area (Å²) in [6.07, 6.45) is -7.57. The Bertz CT molecular complexity index is 607. The molecular weight excluding hydrogens is 412 g/mol. The molecule has 14 unspecified atom stereocenters. The van der Waals surface area contributed by atoms with Gasteiger partial charge in [0, 0.05) is 18.8 Å². The molecule has 0 aromatic carbocycles. The molecule has 2 heterocycles. The van der Waals surface area contributed by atoms with Crippen LogP contribution in [-0.4, -0.2) is 114 Å². The highest BCUT2D eigenvalue weighted by molar-refractivity contribution is 4.98. The predicted octanol–water partition coefficient (Wildman–Crippen LogP) is -2.48. The van der Waals surface area contributed by atoms with Crippen LogP contribution in [0.3, 0.4) is 0 Å². The fourth-order valence-corrected chi connectivity index (χ4v) is 5.80. The lowest BCUT2D eigenvalue weighted by Crippen LogP contribution is -2.62. The molecule has 4 fully saturated rings. The number of hydrogen-bond acceptors (Lipinski definition) is 9. The number of aliphatic hydroxyl groups is 9. The van der Waals surface area contributed by atoms with Crippen molar-refractivity contribution in [2.75, 3.05) is 0 Å². The highest BCUT2D eigenvalue weighted by atomic mass is 16.7. The van der Waals surface area contributed by atoms with E-state index in [2.05, 4.69) is 0 Å². The maximum atomic E-state index is 10.5. The maximum absolute atomic E-state index is 10.5. The minimum atomic E-state index is -1.44. The zero-order valence-electron chi connectivity index (χ0n) is 17.7. The van der Waals surface area contributed by atoms with Crippen LogP contribution in [0.2, 0.25) is 0 Å². The van der Waals surface area contributed by atoms with Crippen LogP contribution in [0.5, 0.6) is 0 Å². The summed E-state index contributed by atoms with van der Waals surface area (Å²) in [5.41, 5.74) is 0. The summed E-state index contributed by atoms with van der Waals surface area (Å²) in [6.45, 7) is 1.58. The van der Waals surface area contributed by atoms with Gasteiger partial charge in [0.2, 0.25) is 0 Å². The topological polar surface area (TPSA) is 173 Å². The molecule has 4 rings (SSSR count). The van der Waals surface area contributed by atoms with Gasteiger partial charge in [-0.3, -0.25) is 0 Å². The average Bonchev–Trinajstić information content (AvgIpc) is 2.72. The van der Waals surface area contributed by atoms with Crippen molar-refractivity contribution in [3.8, 4) is 0 Å². The number of rotatable bonds is 3. The van der Waals surface area contributed by atoms with Crippen molar-refractivity contribution in [2.24, 2.45) is 11.8 Å². The Hall–Kier alpha value is -0.400. The number of hydrogen-bond donors (Lipinski definition) is 7. The second-order valence-corrected chi connectivity index (χ2v) is 9.86. The van der Waals surface area contributed by atoms with E-state index in [9.17, 15) is 35.7 Å². The summed E-state index contributed by atoms with van der Waals surface area (Å²) in [6, 6.07) is 0. The first-order valence-corrected chi connectivity index (χ1v) is 11.4. The van der Waals surface area contributed by atoms with Gasteiger partial charge in [0.25, 0.3) is 0 Å². The Balaban J connectivity index is 1.53. The Morgan fingerprint density at radius 3 is 2.23 bits per heavy atom. The Morgan fingerprint density at radius 1 is 0.774 bits per heavy atom. The molecule has 0 spiro atoms. The van der Waals surface area contributed by atoms with E-state index in [0.717, 1.165) is 0 Å². The third-order valence-electron chi connectivity index (χ3n) is 7.69. The predicted molar refractivity (Wildman–Crippen MR) is 106 cm³/mol. The first-order valence-electron chi connectivity index (χ1n) is 11.4. The van der Waals surface area contributed by atoms with E-state index in [-0.39, 0.29) is 30.5 Å². The van der Waals surface area contributed by atoms with Crippen LogP contribution in [0.1, 0.15) is 45.4 Å². The fourth-order valence-electron chi connectivity index (χ4n) is 5.80. The first-order chi connectivity index (χ1) is 14.7. The molecule has 10 heteroatoms. The molecule has 31 heavy (non-hydrogen) atoms. The summed E-state index contributed by atoms with van der Waals surface area (Å²) in [7, 11) is 0.